The van der Waals surface area contributed by atoms with Crippen LogP contribution in [0.2, 0.25) is 0 Å². The van der Waals surface area contributed by atoms with Gasteiger partial charge in [-0.25, -0.2) is 0 Å². The number of rotatable bonds is 9. The zero-order valence-electron chi connectivity index (χ0n) is 35.7. The van der Waals surface area contributed by atoms with Gasteiger partial charge in [-0.05, 0) is 0 Å². The standard InChI is InChI=1S/C59H44GeN4/c1-41-32-36-55-51(38-41)52-39-42(2)33-37-56(52)64(55)48-34-35-49(53(40-48)59-62-57(43-20-8-3-9-21-43)61-58(63-59)44-22-10-4-11-23-44)50-30-18-19-31-54(50)60(45-24-12-5-13-25-45,46-26-14-6-15-27-46)47-28-16-7-17-29-47/h3-40H,1-2H3. The number of hydrogen-bond donors (Lipinski definition) is 0. The van der Waals surface area contributed by atoms with Crippen LogP contribution in [0.4, 0.5) is 0 Å². The third-order valence-corrected chi connectivity index (χ3v) is 22.7. The second kappa shape index (κ2) is 16.6. The van der Waals surface area contributed by atoms with Crippen LogP contribution in [0.3, 0.4) is 0 Å². The first-order chi connectivity index (χ1) is 31.6. The minimum absolute atomic E-state index is 0.615. The van der Waals surface area contributed by atoms with Gasteiger partial charge < -0.3 is 0 Å². The summed E-state index contributed by atoms with van der Waals surface area (Å²) in [5.41, 5.74) is 10.8. The van der Waals surface area contributed by atoms with Crippen molar-refractivity contribution in [2.75, 3.05) is 0 Å². The fourth-order valence-corrected chi connectivity index (χ4v) is 20.1. The van der Waals surface area contributed by atoms with E-state index >= 15 is 0 Å². The number of aryl methyl sites for hydroxylation is 2. The molecule has 0 unspecified atom stereocenters. The van der Waals surface area contributed by atoms with Gasteiger partial charge in [0.15, 0.2) is 0 Å². The molecule has 64 heavy (non-hydrogen) atoms. The van der Waals surface area contributed by atoms with E-state index in [1.54, 1.807) is 0 Å². The van der Waals surface area contributed by atoms with E-state index in [1.165, 1.54) is 39.5 Å². The maximum absolute atomic E-state index is 5.41. The third kappa shape index (κ3) is 6.84. The molecule has 11 rings (SSSR count). The summed E-state index contributed by atoms with van der Waals surface area (Å²) in [6.45, 7) is 4.34. The Morgan fingerprint density at radius 3 is 1.25 bits per heavy atom. The number of benzene rings is 9. The van der Waals surface area contributed by atoms with Crippen LogP contribution < -0.4 is 17.6 Å². The molecule has 11 aromatic rings. The van der Waals surface area contributed by atoms with Crippen LogP contribution in [0, 0.1) is 13.8 Å². The predicted octanol–water partition coefficient (Wildman–Crippen LogP) is 11.6. The van der Waals surface area contributed by atoms with Crippen LogP contribution >= 0.6 is 0 Å². The molecule has 0 saturated carbocycles. The Hall–Kier alpha value is -7.67. The van der Waals surface area contributed by atoms with E-state index in [0.29, 0.717) is 17.5 Å². The van der Waals surface area contributed by atoms with Crippen molar-refractivity contribution in [2.24, 2.45) is 0 Å². The SMILES string of the molecule is Cc1ccc2c(c1)c1cc(C)ccc1n2-c1ccc(-c2cccc[c]2[Ge]([c]2ccccc2)([c]2ccccc2)[c]2ccccc2)c(-c2nc(-c3ccccc3)nc(-c3ccccc3)n2)c1. The van der Waals surface area contributed by atoms with E-state index in [1.807, 2.05) is 36.4 Å². The van der Waals surface area contributed by atoms with Crippen molar-refractivity contribution in [2.45, 2.75) is 13.8 Å². The number of nitrogens with zero attached hydrogens (tertiary/aromatic N) is 4. The monoisotopic (exact) mass is 882 g/mol. The molecule has 0 fully saturated rings. The van der Waals surface area contributed by atoms with Gasteiger partial charge in [-0.3, -0.25) is 0 Å². The summed E-state index contributed by atoms with van der Waals surface area (Å²) in [5, 5.41) is 2.47. The van der Waals surface area contributed by atoms with Crippen molar-refractivity contribution >= 4 is 52.7 Å². The van der Waals surface area contributed by atoms with Crippen LogP contribution in [0.25, 0.3) is 72.8 Å². The van der Waals surface area contributed by atoms with Crippen LogP contribution in [-0.4, -0.2) is 32.8 Å². The topological polar surface area (TPSA) is 43.6 Å². The Morgan fingerprint density at radius 2 is 0.766 bits per heavy atom. The molecule has 9 aromatic carbocycles. The molecular weight excluding hydrogens is 837 g/mol. The molecule has 304 valence electrons. The molecule has 0 aliphatic heterocycles. The molecule has 0 bridgehead atoms. The Labute approximate surface area is 376 Å². The first-order valence-electron chi connectivity index (χ1n) is 21.9. The van der Waals surface area contributed by atoms with Crippen LogP contribution in [-0.2, 0) is 0 Å². The van der Waals surface area contributed by atoms with Crippen LogP contribution in [0.1, 0.15) is 11.1 Å². The summed E-state index contributed by atoms with van der Waals surface area (Å²) < 4.78 is 7.82. The van der Waals surface area contributed by atoms with Gasteiger partial charge in [-0.1, -0.05) is 0 Å². The average molecular weight is 882 g/mol. The van der Waals surface area contributed by atoms with Gasteiger partial charge in [-0.2, -0.15) is 0 Å². The van der Waals surface area contributed by atoms with E-state index in [2.05, 4.69) is 213 Å². The van der Waals surface area contributed by atoms with Crippen LogP contribution in [0.15, 0.2) is 231 Å². The van der Waals surface area contributed by atoms with Crippen molar-refractivity contribution in [1.82, 2.24) is 19.5 Å². The molecule has 4 nitrogen and oxygen atoms in total. The molecule has 2 heterocycles. The number of fused-ring (bicyclic) bond motifs is 3. The van der Waals surface area contributed by atoms with Gasteiger partial charge >= 0.3 is 379 Å². The molecule has 0 aliphatic rings. The van der Waals surface area contributed by atoms with Crippen molar-refractivity contribution in [3.05, 3.63) is 242 Å². The Kier molecular flexibility index (Phi) is 10.1. The Balaban J connectivity index is 1.26. The molecule has 0 spiro atoms. The van der Waals surface area contributed by atoms with E-state index in [4.69, 9.17) is 15.0 Å². The van der Waals surface area contributed by atoms with E-state index in [0.717, 1.165) is 44.5 Å². The van der Waals surface area contributed by atoms with E-state index in [-0.39, 0.29) is 0 Å². The predicted molar refractivity (Wildman–Crippen MR) is 269 cm³/mol. The zero-order chi connectivity index (χ0) is 43.0. The number of hydrogen-bond acceptors (Lipinski definition) is 3. The number of aromatic nitrogens is 4. The van der Waals surface area contributed by atoms with E-state index < -0.39 is 13.3 Å². The summed E-state index contributed by atoms with van der Waals surface area (Å²) in [7, 11) is 0. The second-order valence-corrected chi connectivity index (χ2v) is 24.4. The molecule has 2 aromatic heterocycles. The third-order valence-electron chi connectivity index (χ3n) is 12.5. The summed E-state index contributed by atoms with van der Waals surface area (Å²) >= 11 is -3.79. The molecular formula is C59H44GeN4. The van der Waals surface area contributed by atoms with Crippen molar-refractivity contribution in [3.8, 4) is 51.0 Å². The molecule has 0 amide bonds. The van der Waals surface area contributed by atoms with Gasteiger partial charge in [-0.15, -0.1) is 0 Å². The molecule has 0 radical (unpaired) electrons. The molecule has 5 heteroatoms. The second-order valence-electron chi connectivity index (χ2n) is 16.5. The first-order valence-corrected chi connectivity index (χ1v) is 26.1. The fourth-order valence-electron chi connectivity index (χ4n) is 9.63. The normalized spacial score (nSPS) is 11.6. The van der Waals surface area contributed by atoms with Gasteiger partial charge in [0.2, 0.25) is 0 Å². The van der Waals surface area contributed by atoms with Crippen LogP contribution in [0.5, 0.6) is 0 Å². The molecule has 0 atom stereocenters. The van der Waals surface area contributed by atoms with Gasteiger partial charge in [0.25, 0.3) is 0 Å². The van der Waals surface area contributed by atoms with Gasteiger partial charge in [0.1, 0.15) is 0 Å². The molecule has 0 N–H and O–H groups in total. The average Bonchev–Trinajstić information content (AvgIpc) is 3.68. The summed E-state index contributed by atoms with van der Waals surface area (Å²) in [6.07, 6.45) is 0. The molecule has 0 aliphatic carbocycles. The Morgan fingerprint density at radius 1 is 0.344 bits per heavy atom. The maximum atomic E-state index is 5.41. The van der Waals surface area contributed by atoms with Crippen molar-refractivity contribution < 1.29 is 0 Å². The minimum atomic E-state index is -3.79. The fraction of sp³-hybridized carbons (Fsp3) is 0.0339. The first kappa shape index (κ1) is 39.2. The molecule has 0 saturated heterocycles. The van der Waals surface area contributed by atoms with Gasteiger partial charge in [0, 0.05) is 0 Å². The Bertz CT molecular complexity index is 3230. The van der Waals surface area contributed by atoms with Gasteiger partial charge in [0.05, 0.1) is 0 Å². The quantitative estimate of drug-likeness (QED) is 0.136. The summed E-state index contributed by atoms with van der Waals surface area (Å²) in [4.78, 5) is 15.9. The van der Waals surface area contributed by atoms with E-state index in [9.17, 15) is 0 Å². The summed E-state index contributed by atoms with van der Waals surface area (Å²) in [5.74, 6) is 1.87. The van der Waals surface area contributed by atoms with Crippen molar-refractivity contribution in [3.63, 3.8) is 0 Å². The summed E-state index contributed by atoms with van der Waals surface area (Å²) in [6, 6.07) is 83.7. The zero-order valence-corrected chi connectivity index (χ0v) is 37.8. The van der Waals surface area contributed by atoms with Crippen molar-refractivity contribution in [1.29, 1.82) is 0 Å².